The Kier molecular flexibility index (Phi) is 5.76. The van der Waals surface area contributed by atoms with Gasteiger partial charge in [0.05, 0.1) is 0 Å². The molecule has 1 aliphatic rings. The van der Waals surface area contributed by atoms with Crippen molar-refractivity contribution in [2.24, 2.45) is 0 Å². The Labute approximate surface area is 86.8 Å². The fourth-order valence-electron chi connectivity index (χ4n) is 1.39. The van der Waals surface area contributed by atoms with E-state index in [1.54, 1.807) is 0 Å². The van der Waals surface area contributed by atoms with Crippen LogP contribution in [0.15, 0.2) is 36.9 Å². The number of rotatable bonds is 1. The molecule has 0 aliphatic carbocycles. The van der Waals surface area contributed by atoms with Gasteiger partial charge in [0.2, 0.25) is 0 Å². The van der Waals surface area contributed by atoms with Crippen molar-refractivity contribution < 1.29 is 0 Å². The van der Waals surface area contributed by atoms with Crippen LogP contribution in [0.1, 0.15) is 24.8 Å². The highest BCUT2D eigenvalue weighted by Crippen LogP contribution is 1.97. The summed E-state index contributed by atoms with van der Waals surface area (Å²) >= 11 is 0. The molecule has 0 radical (unpaired) electrons. The van der Waals surface area contributed by atoms with E-state index >= 15 is 0 Å². The third-order valence-electron chi connectivity index (χ3n) is 2.24. The molecule has 0 unspecified atom stereocenters. The molecule has 1 heteroatoms. The predicted octanol–water partition coefficient (Wildman–Crippen LogP) is 3.09. The summed E-state index contributed by atoms with van der Waals surface area (Å²) in [5, 5.41) is 3.28. The van der Waals surface area contributed by atoms with Gasteiger partial charge in [-0.25, -0.2) is 0 Å². The van der Waals surface area contributed by atoms with Crippen molar-refractivity contribution in [3.63, 3.8) is 0 Å². The molecular formula is C13H19N. The first-order chi connectivity index (χ1) is 6.93. The van der Waals surface area contributed by atoms with Crippen LogP contribution in [0.2, 0.25) is 0 Å². The second kappa shape index (κ2) is 7.34. The first-order valence-corrected chi connectivity index (χ1v) is 5.31. The quantitative estimate of drug-likeness (QED) is 0.716. The number of hydrogen-bond acceptors (Lipinski definition) is 1. The number of nitrogens with one attached hydrogen (secondary N) is 1. The van der Waals surface area contributed by atoms with Gasteiger partial charge in [0.15, 0.2) is 0 Å². The molecule has 2 rings (SSSR count). The highest BCUT2D eigenvalue weighted by atomic mass is 14.9. The Morgan fingerprint density at radius 1 is 1.00 bits per heavy atom. The molecule has 14 heavy (non-hydrogen) atoms. The minimum Gasteiger partial charge on any atom is -0.317 e. The van der Waals surface area contributed by atoms with E-state index in [0.29, 0.717) is 0 Å². The van der Waals surface area contributed by atoms with Gasteiger partial charge in [0.1, 0.15) is 0 Å². The topological polar surface area (TPSA) is 12.0 Å². The Hall–Kier alpha value is -1.08. The molecule has 1 heterocycles. The Morgan fingerprint density at radius 2 is 1.64 bits per heavy atom. The lowest BCUT2D eigenvalue weighted by Crippen LogP contribution is -2.21. The third-order valence-corrected chi connectivity index (χ3v) is 2.24. The highest BCUT2D eigenvalue weighted by molar-refractivity contribution is 5.45. The maximum atomic E-state index is 3.63. The second-order valence-corrected chi connectivity index (χ2v) is 3.43. The van der Waals surface area contributed by atoms with E-state index in [9.17, 15) is 0 Å². The average Bonchev–Trinajstić information content (AvgIpc) is 2.33. The second-order valence-electron chi connectivity index (χ2n) is 3.43. The van der Waals surface area contributed by atoms with Gasteiger partial charge in [-0.15, -0.1) is 0 Å². The van der Waals surface area contributed by atoms with Gasteiger partial charge in [-0.3, -0.25) is 0 Å². The monoisotopic (exact) mass is 189 g/mol. The van der Waals surface area contributed by atoms with Crippen molar-refractivity contribution in [2.45, 2.75) is 19.3 Å². The minimum atomic E-state index is 1.17. The summed E-state index contributed by atoms with van der Waals surface area (Å²) in [6.07, 6.45) is 6.05. The molecule has 0 aromatic heterocycles. The summed E-state index contributed by atoms with van der Waals surface area (Å²) in [6.45, 7) is 6.13. The summed E-state index contributed by atoms with van der Waals surface area (Å²) in [6, 6.07) is 10.0. The van der Waals surface area contributed by atoms with Crippen molar-refractivity contribution >= 4 is 6.08 Å². The predicted molar refractivity (Wildman–Crippen MR) is 63.3 cm³/mol. The zero-order chi connectivity index (χ0) is 10.1. The summed E-state index contributed by atoms with van der Waals surface area (Å²) in [5.74, 6) is 0. The van der Waals surface area contributed by atoms with Crippen molar-refractivity contribution in [1.82, 2.24) is 5.32 Å². The van der Waals surface area contributed by atoms with Crippen LogP contribution in [0.4, 0.5) is 0 Å². The summed E-state index contributed by atoms with van der Waals surface area (Å²) in [7, 11) is 0. The van der Waals surface area contributed by atoms with Crippen molar-refractivity contribution in [2.75, 3.05) is 13.1 Å². The van der Waals surface area contributed by atoms with Crippen LogP contribution < -0.4 is 5.32 Å². The molecule has 76 valence electrons. The largest absolute Gasteiger partial charge is 0.317 e. The fraction of sp³-hybridized carbons (Fsp3) is 0.385. The van der Waals surface area contributed by atoms with Gasteiger partial charge < -0.3 is 5.32 Å². The molecule has 0 bridgehead atoms. The molecule has 1 nitrogen and oxygen atoms in total. The first kappa shape index (κ1) is 11.0. The van der Waals surface area contributed by atoms with E-state index in [1.807, 2.05) is 36.4 Å². The van der Waals surface area contributed by atoms with Crippen molar-refractivity contribution in [3.05, 3.63) is 42.5 Å². The van der Waals surface area contributed by atoms with Crippen LogP contribution in [-0.2, 0) is 0 Å². The van der Waals surface area contributed by atoms with Gasteiger partial charge in [0.25, 0.3) is 0 Å². The molecule has 1 aromatic carbocycles. The Balaban J connectivity index is 0.000000146. The van der Waals surface area contributed by atoms with Crippen LogP contribution in [0.5, 0.6) is 0 Å². The van der Waals surface area contributed by atoms with E-state index < -0.39 is 0 Å². The highest BCUT2D eigenvalue weighted by Gasteiger charge is 1.93. The molecule has 1 saturated heterocycles. The van der Waals surface area contributed by atoms with Crippen LogP contribution >= 0.6 is 0 Å². The Bertz CT molecular complexity index is 225. The molecule has 0 spiro atoms. The maximum absolute atomic E-state index is 3.63. The van der Waals surface area contributed by atoms with Gasteiger partial charge in [0, 0.05) is 0 Å². The van der Waals surface area contributed by atoms with E-state index in [2.05, 4.69) is 11.9 Å². The van der Waals surface area contributed by atoms with Crippen LogP contribution in [0, 0.1) is 0 Å². The smallest absolute Gasteiger partial charge is 0.00489 e. The molecule has 0 amide bonds. The Morgan fingerprint density at radius 3 is 1.93 bits per heavy atom. The molecule has 1 fully saturated rings. The summed E-state index contributed by atoms with van der Waals surface area (Å²) in [5.41, 5.74) is 1.17. The molecule has 1 aromatic rings. The van der Waals surface area contributed by atoms with Crippen molar-refractivity contribution in [1.29, 1.82) is 0 Å². The zero-order valence-corrected chi connectivity index (χ0v) is 8.71. The lowest BCUT2D eigenvalue weighted by Gasteiger charge is -2.08. The molecule has 0 atom stereocenters. The number of piperidine rings is 1. The zero-order valence-electron chi connectivity index (χ0n) is 8.71. The van der Waals surface area contributed by atoms with Crippen LogP contribution in [0.25, 0.3) is 6.08 Å². The lowest BCUT2D eigenvalue weighted by atomic mass is 10.2. The molecule has 1 aliphatic heterocycles. The van der Waals surface area contributed by atoms with Gasteiger partial charge in [-0.05, 0) is 31.5 Å². The molecule has 0 saturated carbocycles. The van der Waals surface area contributed by atoms with E-state index in [0.717, 1.165) is 0 Å². The molecular weight excluding hydrogens is 170 g/mol. The van der Waals surface area contributed by atoms with Gasteiger partial charge >= 0.3 is 0 Å². The summed E-state index contributed by atoms with van der Waals surface area (Å²) < 4.78 is 0. The van der Waals surface area contributed by atoms with E-state index in [1.165, 1.54) is 37.9 Å². The van der Waals surface area contributed by atoms with Crippen molar-refractivity contribution in [3.8, 4) is 0 Å². The van der Waals surface area contributed by atoms with Gasteiger partial charge in [-0.2, -0.15) is 0 Å². The molecule has 1 N–H and O–H groups in total. The average molecular weight is 189 g/mol. The summed E-state index contributed by atoms with van der Waals surface area (Å²) in [4.78, 5) is 0. The van der Waals surface area contributed by atoms with Gasteiger partial charge in [-0.1, -0.05) is 49.4 Å². The van der Waals surface area contributed by atoms with E-state index in [4.69, 9.17) is 0 Å². The minimum absolute atomic E-state index is 1.17. The van der Waals surface area contributed by atoms with Crippen LogP contribution in [0.3, 0.4) is 0 Å². The number of hydrogen-bond donors (Lipinski definition) is 1. The third kappa shape index (κ3) is 4.83. The number of benzene rings is 1. The lowest BCUT2D eigenvalue weighted by molar-refractivity contribution is 0.520. The van der Waals surface area contributed by atoms with E-state index in [-0.39, 0.29) is 0 Å². The fourth-order valence-corrected chi connectivity index (χ4v) is 1.39. The SMILES string of the molecule is C1CCNCC1.C=Cc1ccccc1. The van der Waals surface area contributed by atoms with Crippen LogP contribution in [-0.4, -0.2) is 13.1 Å². The maximum Gasteiger partial charge on any atom is -0.00489 e. The standard InChI is InChI=1S/C8H8.C5H11N/c1-2-8-6-4-3-5-7-8;1-2-4-6-5-3-1/h2-7H,1H2;6H,1-5H2. The normalized spacial score (nSPS) is 15.1. The first-order valence-electron chi connectivity index (χ1n) is 5.31.